The van der Waals surface area contributed by atoms with Crippen molar-refractivity contribution in [1.29, 1.82) is 0 Å². The second kappa shape index (κ2) is 8.54. The summed E-state index contributed by atoms with van der Waals surface area (Å²) in [5.74, 6) is 1.44. The number of hydrogen-bond donors (Lipinski definition) is 2. The van der Waals surface area contributed by atoms with Gasteiger partial charge in [-0.2, -0.15) is 0 Å². The number of ether oxygens (including phenoxy) is 1. The van der Waals surface area contributed by atoms with Gasteiger partial charge in [0.2, 0.25) is 5.96 Å². The zero-order valence-corrected chi connectivity index (χ0v) is 16.2. The number of para-hydroxylation sites is 1. The standard InChI is InChI=1S/C21H20BrN3O/c1-15-7-9-16(10-8-15)23-21(25-20-6-4-3-5-19(20)22)24-17-11-13-18(26-2)14-12-17/h3-14H,1-2H3,(H2,23,24,25). The molecule has 3 rings (SSSR count). The van der Waals surface area contributed by atoms with Crippen LogP contribution in [0.4, 0.5) is 17.1 Å². The van der Waals surface area contributed by atoms with E-state index < -0.39 is 0 Å². The lowest BCUT2D eigenvalue weighted by molar-refractivity contribution is 0.415. The van der Waals surface area contributed by atoms with Crippen molar-refractivity contribution in [2.45, 2.75) is 6.92 Å². The molecule has 3 aromatic carbocycles. The largest absolute Gasteiger partial charge is 0.497 e. The number of hydrogen-bond acceptors (Lipinski definition) is 2. The van der Waals surface area contributed by atoms with Crippen LogP contribution < -0.4 is 15.4 Å². The molecular formula is C21H20BrN3O. The second-order valence-corrected chi connectivity index (χ2v) is 6.61. The molecule has 0 saturated carbocycles. The number of methoxy groups -OCH3 is 1. The summed E-state index contributed by atoms with van der Waals surface area (Å²) in [5.41, 5.74) is 3.92. The molecule has 2 N–H and O–H groups in total. The Morgan fingerprint density at radius 1 is 0.846 bits per heavy atom. The molecule has 0 radical (unpaired) electrons. The van der Waals surface area contributed by atoms with Gasteiger partial charge < -0.3 is 15.4 Å². The number of halogens is 1. The molecule has 0 saturated heterocycles. The van der Waals surface area contributed by atoms with Crippen LogP contribution in [0.1, 0.15) is 5.56 Å². The average molecular weight is 410 g/mol. The van der Waals surface area contributed by atoms with Crippen LogP contribution >= 0.6 is 15.9 Å². The van der Waals surface area contributed by atoms with Gasteiger partial charge in [0.15, 0.2) is 0 Å². The molecule has 3 aromatic rings. The molecule has 0 aliphatic rings. The maximum Gasteiger partial charge on any atom is 0.205 e. The molecule has 0 aliphatic carbocycles. The molecule has 0 bridgehead atoms. The number of nitrogens with one attached hydrogen (secondary N) is 2. The minimum absolute atomic E-state index is 0.630. The topological polar surface area (TPSA) is 45.6 Å². The highest BCUT2D eigenvalue weighted by molar-refractivity contribution is 9.10. The molecule has 4 nitrogen and oxygen atoms in total. The summed E-state index contributed by atoms with van der Waals surface area (Å²) >= 11 is 3.54. The minimum Gasteiger partial charge on any atom is -0.497 e. The van der Waals surface area contributed by atoms with E-state index in [0.717, 1.165) is 27.3 Å². The highest BCUT2D eigenvalue weighted by Crippen LogP contribution is 2.25. The number of rotatable bonds is 4. The Bertz CT molecular complexity index is 890. The molecular weight excluding hydrogens is 390 g/mol. The van der Waals surface area contributed by atoms with Crippen molar-refractivity contribution in [2.75, 3.05) is 17.7 Å². The Morgan fingerprint density at radius 3 is 2.00 bits per heavy atom. The molecule has 0 spiro atoms. The van der Waals surface area contributed by atoms with Crippen molar-refractivity contribution in [2.24, 2.45) is 4.99 Å². The van der Waals surface area contributed by atoms with Gasteiger partial charge in [0.1, 0.15) is 5.75 Å². The Morgan fingerprint density at radius 2 is 1.42 bits per heavy atom. The van der Waals surface area contributed by atoms with E-state index in [1.807, 2.05) is 60.7 Å². The van der Waals surface area contributed by atoms with Gasteiger partial charge in [-0.3, -0.25) is 0 Å². The first-order valence-corrected chi connectivity index (χ1v) is 9.01. The lowest BCUT2D eigenvalue weighted by Gasteiger charge is -2.14. The maximum atomic E-state index is 5.21. The predicted octanol–water partition coefficient (Wildman–Crippen LogP) is 5.98. The van der Waals surface area contributed by atoms with Crippen LogP contribution in [0.3, 0.4) is 0 Å². The van der Waals surface area contributed by atoms with E-state index in [1.54, 1.807) is 7.11 Å². The third-order valence-electron chi connectivity index (χ3n) is 3.75. The van der Waals surface area contributed by atoms with E-state index in [0.29, 0.717) is 5.96 Å². The summed E-state index contributed by atoms with van der Waals surface area (Å²) in [6.45, 7) is 2.06. The number of nitrogens with zero attached hydrogens (tertiary/aromatic N) is 1. The van der Waals surface area contributed by atoms with Crippen LogP contribution in [0.25, 0.3) is 0 Å². The van der Waals surface area contributed by atoms with Gasteiger partial charge in [-0.25, -0.2) is 4.99 Å². The fourth-order valence-corrected chi connectivity index (χ4v) is 2.71. The number of anilines is 2. The summed E-state index contributed by atoms with van der Waals surface area (Å²) in [5, 5.41) is 6.68. The van der Waals surface area contributed by atoms with Crippen molar-refractivity contribution in [3.63, 3.8) is 0 Å². The lowest BCUT2D eigenvalue weighted by Crippen LogP contribution is -2.21. The Balaban J connectivity index is 1.89. The van der Waals surface area contributed by atoms with Crippen LogP contribution in [0.2, 0.25) is 0 Å². The van der Waals surface area contributed by atoms with E-state index >= 15 is 0 Å². The minimum atomic E-state index is 0.630. The number of aliphatic imine (C=N–C) groups is 1. The lowest BCUT2D eigenvalue weighted by atomic mass is 10.2. The fraction of sp³-hybridized carbons (Fsp3) is 0.0952. The molecule has 0 heterocycles. The van der Waals surface area contributed by atoms with Crippen molar-refractivity contribution >= 4 is 39.0 Å². The molecule has 0 aliphatic heterocycles. The van der Waals surface area contributed by atoms with Crippen molar-refractivity contribution in [1.82, 2.24) is 0 Å². The molecule has 0 atom stereocenters. The van der Waals surface area contributed by atoms with Crippen LogP contribution in [0.5, 0.6) is 5.75 Å². The quantitative estimate of drug-likeness (QED) is 0.411. The predicted molar refractivity (Wildman–Crippen MR) is 113 cm³/mol. The molecule has 0 aromatic heterocycles. The zero-order valence-electron chi connectivity index (χ0n) is 14.7. The van der Waals surface area contributed by atoms with E-state index in [4.69, 9.17) is 9.73 Å². The zero-order chi connectivity index (χ0) is 18.4. The Hall–Kier alpha value is -2.79. The third kappa shape index (κ3) is 4.86. The molecule has 0 amide bonds. The SMILES string of the molecule is COc1ccc(NC(=Nc2ccccc2Br)Nc2ccc(C)cc2)cc1. The van der Waals surface area contributed by atoms with Gasteiger partial charge in [0.05, 0.1) is 12.8 Å². The maximum absolute atomic E-state index is 5.21. The van der Waals surface area contributed by atoms with Crippen LogP contribution in [-0.4, -0.2) is 13.1 Å². The summed E-state index contributed by atoms with van der Waals surface area (Å²) in [7, 11) is 1.65. The van der Waals surface area contributed by atoms with Gasteiger partial charge in [0.25, 0.3) is 0 Å². The monoisotopic (exact) mass is 409 g/mol. The van der Waals surface area contributed by atoms with Crippen LogP contribution in [-0.2, 0) is 0 Å². The first kappa shape index (κ1) is 18.0. The molecule has 132 valence electrons. The van der Waals surface area contributed by atoms with E-state index in [-0.39, 0.29) is 0 Å². The van der Waals surface area contributed by atoms with Crippen molar-refractivity contribution < 1.29 is 4.74 Å². The van der Waals surface area contributed by atoms with Crippen molar-refractivity contribution in [3.05, 3.63) is 82.8 Å². The van der Waals surface area contributed by atoms with Crippen LogP contribution in [0.15, 0.2) is 82.3 Å². The summed E-state index contributed by atoms with van der Waals surface area (Å²) < 4.78 is 6.14. The van der Waals surface area contributed by atoms with E-state index in [2.05, 4.69) is 45.6 Å². The highest BCUT2D eigenvalue weighted by Gasteiger charge is 2.05. The fourth-order valence-electron chi connectivity index (χ4n) is 2.33. The summed E-state index contributed by atoms with van der Waals surface area (Å²) in [4.78, 5) is 4.73. The smallest absolute Gasteiger partial charge is 0.205 e. The van der Waals surface area contributed by atoms with Crippen molar-refractivity contribution in [3.8, 4) is 5.75 Å². The normalized spacial score (nSPS) is 11.1. The highest BCUT2D eigenvalue weighted by atomic mass is 79.9. The van der Waals surface area contributed by atoms with E-state index in [1.165, 1.54) is 5.56 Å². The third-order valence-corrected chi connectivity index (χ3v) is 4.42. The second-order valence-electron chi connectivity index (χ2n) is 5.76. The first-order chi connectivity index (χ1) is 12.6. The average Bonchev–Trinajstić information content (AvgIpc) is 2.66. The van der Waals surface area contributed by atoms with Gasteiger partial charge in [-0.1, -0.05) is 29.8 Å². The molecule has 26 heavy (non-hydrogen) atoms. The van der Waals surface area contributed by atoms with Gasteiger partial charge >= 0.3 is 0 Å². The Labute approximate surface area is 162 Å². The molecule has 5 heteroatoms. The first-order valence-electron chi connectivity index (χ1n) is 8.22. The summed E-state index contributed by atoms with van der Waals surface area (Å²) in [6.07, 6.45) is 0. The molecule has 0 unspecified atom stereocenters. The van der Waals surface area contributed by atoms with Gasteiger partial charge in [-0.05, 0) is 71.4 Å². The molecule has 0 fully saturated rings. The Kier molecular flexibility index (Phi) is 5.92. The van der Waals surface area contributed by atoms with Gasteiger partial charge in [0, 0.05) is 15.8 Å². The number of guanidine groups is 1. The number of benzene rings is 3. The number of aryl methyl sites for hydroxylation is 1. The van der Waals surface area contributed by atoms with Gasteiger partial charge in [-0.15, -0.1) is 0 Å². The van der Waals surface area contributed by atoms with Crippen LogP contribution in [0, 0.1) is 6.92 Å². The van der Waals surface area contributed by atoms with E-state index in [9.17, 15) is 0 Å². The summed E-state index contributed by atoms with van der Waals surface area (Å²) in [6, 6.07) is 23.7.